The number of hydrogen-bond acceptors (Lipinski definition) is 3. The van der Waals surface area contributed by atoms with E-state index in [1.807, 2.05) is 24.3 Å². The Balaban J connectivity index is 2.44. The Hall–Kier alpha value is -1.75. The Morgan fingerprint density at radius 2 is 1.94 bits per heavy atom. The molecule has 0 bridgehead atoms. The van der Waals surface area contributed by atoms with Gasteiger partial charge >= 0.3 is 5.97 Å². The molecule has 0 aliphatic carbocycles. The van der Waals surface area contributed by atoms with E-state index in [0.717, 1.165) is 10.0 Å². The van der Waals surface area contributed by atoms with Gasteiger partial charge in [-0.25, -0.2) is 14.8 Å². The Bertz CT molecular complexity index is 567. The molecule has 1 heterocycles. The monoisotopic (exact) mass is 292 g/mol. The second-order valence-corrected chi connectivity index (χ2v) is 4.42. The topological polar surface area (TPSA) is 63.1 Å². The van der Waals surface area contributed by atoms with Gasteiger partial charge in [0, 0.05) is 16.2 Å². The summed E-state index contributed by atoms with van der Waals surface area (Å²) in [6.07, 6.45) is 1.34. The zero-order valence-corrected chi connectivity index (χ0v) is 10.6. The number of halogens is 1. The lowest BCUT2D eigenvalue weighted by Gasteiger charge is -2.03. The van der Waals surface area contributed by atoms with E-state index in [1.54, 1.807) is 6.92 Å². The highest BCUT2D eigenvalue weighted by Gasteiger charge is 2.10. The number of nitrogens with zero attached hydrogens (tertiary/aromatic N) is 2. The van der Waals surface area contributed by atoms with E-state index in [1.165, 1.54) is 6.20 Å². The number of carbonyl (C=O) groups is 1. The molecule has 2 rings (SSSR count). The normalized spacial score (nSPS) is 10.2. The van der Waals surface area contributed by atoms with E-state index in [9.17, 15) is 4.79 Å². The largest absolute Gasteiger partial charge is 0.478 e. The molecule has 0 radical (unpaired) electrons. The average Bonchev–Trinajstić information content (AvgIpc) is 2.29. The van der Waals surface area contributed by atoms with Gasteiger partial charge in [0.2, 0.25) is 0 Å². The van der Waals surface area contributed by atoms with Crippen LogP contribution in [0.2, 0.25) is 0 Å². The third-order valence-corrected chi connectivity index (χ3v) is 2.84. The Kier molecular flexibility index (Phi) is 3.19. The van der Waals surface area contributed by atoms with Crippen molar-refractivity contribution >= 4 is 21.9 Å². The maximum Gasteiger partial charge on any atom is 0.339 e. The average molecular weight is 293 g/mol. The van der Waals surface area contributed by atoms with Gasteiger partial charge in [-0.2, -0.15) is 0 Å². The summed E-state index contributed by atoms with van der Waals surface area (Å²) in [4.78, 5) is 19.1. The molecule has 4 nitrogen and oxygen atoms in total. The SMILES string of the molecule is Cc1nc(-c2ccc(Br)cc2)ncc1C(=O)O. The van der Waals surface area contributed by atoms with Crippen LogP contribution in [0.15, 0.2) is 34.9 Å². The Morgan fingerprint density at radius 3 is 2.47 bits per heavy atom. The lowest BCUT2D eigenvalue weighted by atomic mass is 10.2. The Labute approximate surface area is 106 Å². The summed E-state index contributed by atoms with van der Waals surface area (Å²) in [5, 5.41) is 8.88. The van der Waals surface area contributed by atoms with Crippen LogP contribution in [-0.4, -0.2) is 21.0 Å². The minimum absolute atomic E-state index is 0.130. The molecule has 2 aromatic rings. The molecule has 86 valence electrons. The van der Waals surface area contributed by atoms with Gasteiger partial charge in [-0.3, -0.25) is 0 Å². The summed E-state index contributed by atoms with van der Waals surface area (Å²) in [5.41, 5.74) is 1.45. The number of carboxylic acid groups (broad SMARTS) is 1. The van der Waals surface area contributed by atoms with Crippen molar-refractivity contribution in [3.63, 3.8) is 0 Å². The first-order chi connectivity index (χ1) is 8.08. The third kappa shape index (κ3) is 2.50. The van der Waals surface area contributed by atoms with Crippen molar-refractivity contribution in [2.24, 2.45) is 0 Å². The number of hydrogen-bond donors (Lipinski definition) is 1. The van der Waals surface area contributed by atoms with E-state index < -0.39 is 5.97 Å². The van der Waals surface area contributed by atoms with Crippen LogP contribution in [0.4, 0.5) is 0 Å². The van der Waals surface area contributed by atoms with Crippen molar-refractivity contribution in [1.29, 1.82) is 0 Å². The first kappa shape index (κ1) is 11.7. The van der Waals surface area contributed by atoms with Crippen LogP contribution in [0.5, 0.6) is 0 Å². The quantitative estimate of drug-likeness (QED) is 0.924. The molecule has 0 fully saturated rings. The molecule has 1 N–H and O–H groups in total. The maximum atomic E-state index is 10.8. The molecule has 1 aromatic heterocycles. The molecule has 0 amide bonds. The fourth-order valence-electron chi connectivity index (χ4n) is 1.42. The van der Waals surface area contributed by atoms with Crippen molar-refractivity contribution in [2.45, 2.75) is 6.92 Å². The minimum Gasteiger partial charge on any atom is -0.478 e. The molecule has 17 heavy (non-hydrogen) atoms. The fourth-order valence-corrected chi connectivity index (χ4v) is 1.68. The van der Waals surface area contributed by atoms with Gasteiger partial charge in [-0.1, -0.05) is 28.1 Å². The predicted molar refractivity (Wildman–Crippen MR) is 66.9 cm³/mol. The van der Waals surface area contributed by atoms with Crippen LogP contribution in [0.3, 0.4) is 0 Å². The van der Waals surface area contributed by atoms with Crippen molar-refractivity contribution in [3.8, 4) is 11.4 Å². The van der Waals surface area contributed by atoms with Crippen molar-refractivity contribution < 1.29 is 9.90 Å². The number of carboxylic acids is 1. The standard InChI is InChI=1S/C12H9BrN2O2/c1-7-10(12(16)17)6-14-11(15-7)8-2-4-9(13)5-3-8/h2-6H,1H3,(H,16,17). The predicted octanol–water partition coefficient (Wildman–Crippen LogP) is 2.91. The van der Waals surface area contributed by atoms with Crippen LogP contribution >= 0.6 is 15.9 Å². The van der Waals surface area contributed by atoms with E-state index in [-0.39, 0.29) is 5.56 Å². The number of aromatic carboxylic acids is 1. The highest BCUT2D eigenvalue weighted by atomic mass is 79.9. The minimum atomic E-state index is -1.01. The second-order valence-electron chi connectivity index (χ2n) is 3.50. The zero-order chi connectivity index (χ0) is 12.4. The van der Waals surface area contributed by atoms with Gasteiger partial charge in [-0.05, 0) is 19.1 Å². The summed E-state index contributed by atoms with van der Waals surface area (Å²) < 4.78 is 0.972. The van der Waals surface area contributed by atoms with Gasteiger partial charge in [0.25, 0.3) is 0 Å². The first-order valence-electron chi connectivity index (χ1n) is 4.91. The number of aryl methyl sites for hydroxylation is 1. The highest BCUT2D eigenvalue weighted by Crippen LogP contribution is 2.19. The smallest absolute Gasteiger partial charge is 0.339 e. The molecule has 0 saturated carbocycles. The lowest BCUT2D eigenvalue weighted by Crippen LogP contribution is -2.04. The highest BCUT2D eigenvalue weighted by molar-refractivity contribution is 9.10. The lowest BCUT2D eigenvalue weighted by molar-refractivity contribution is 0.0695. The van der Waals surface area contributed by atoms with Gasteiger partial charge in [0.1, 0.15) is 0 Å². The number of rotatable bonds is 2. The third-order valence-electron chi connectivity index (χ3n) is 2.31. The second kappa shape index (κ2) is 4.63. The van der Waals surface area contributed by atoms with E-state index in [4.69, 9.17) is 5.11 Å². The van der Waals surface area contributed by atoms with Gasteiger partial charge < -0.3 is 5.11 Å². The van der Waals surface area contributed by atoms with E-state index in [0.29, 0.717) is 11.5 Å². The maximum absolute atomic E-state index is 10.8. The molecule has 1 aromatic carbocycles. The summed E-state index contributed by atoms with van der Waals surface area (Å²) in [7, 11) is 0. The van der Waals surface area contributed by atoms with Crippen LogP contribution in [0, 0.1) is 6.92 Å². The molecule has 0 spiro atoms. The van der Waals surface area contributed by atoms with Crippen LogP contribution in [0.25, 0.3) is 11.4 Å². The molecular formula is C12H9BrN2O2. The first-order valence-corrected chi connectivity index (χ1v) is 5.70. The van der Waals surface area contributed by atoms with Gasteiger partial charge in [0.05, 0.1) is 11.3 Å². The molecule has 0 unspecified atom stereocenters. The number of benzene rings is 1. The Morgan fingerprint density at radius 1 is 1.29 bits per heavy atom. The summed E-state index contributed by atoms with van der Waals surface area (Å²) in [6.45, 7) is 1.66. The molecule has 0 aliphatic heterocycles. The van der Waals surface area contributed by atoms with Crippen molar-refractivity contribution in [1.82, 2.24) is 9.97 Å². The van der Waals surface area contributed by atoms with E-state index >= 15 is 0 Å². The zero-order valence-electron chi connectivity index (χ0n) is 9.01. The molecule has 5 heteroatoms. The molecule has 0 aliphatic rings. The van der Waals surface area contributed by atoms with Crippen molar-refractivity contribution in [3.05, 3.63) is 46.2 Å². The van der Waals surface area contributed by atoms with Crippen molar-refractivity contribution in [2.75, 3.05) is 0 Å². The van der Waals surface area contributed by atoms with Gasteiger partial charge in [-0.15, -0.1) is 0 Å². The molecule has 0 atom stereocenters. The summed E-state index contributed by atoms with van der Waals surface area (Å²) >= 11 is 3.34. The summed E-state index contributed by atoms with van der Waals surface area (Å²) in [5.74, 6) is -0.482. The molecule has 0 saturated heterocycles. The number of aromatic nitrogens is 2. The van der Waals surface area contributed by atoms with Crippen LogP contribution < -0.4 is 0 Å². The molecular weight excluding hydrogens is 284 g/mol. The summed E-state index contributed by atoms with van der Waals surface area (Å²) in [6, 6.07) is 7.52. The van der Waals surface area contributed by atoms with Gasteiger partial charge in [0.15, 0.2) is 5.82 Å². The fraction of sp³-hybridized carbons (Fsp3) is 0.0833. The van der Waals surface area contributed by atoms with Crippen LogP contribution in [-0.2, 0) is 0 Å². The van der Waals surface area contributed by atoms with E-state index in [2.05, 4.69) is 25.9 Å². The van der Waals surface area contributed by atoms with Crippen LogP contribution in [0.1, 0.15) is 16.1 Å².